The molecule has 0 amide bonds. The Kier molecular flexibility index (Phi) is 10.1. The minimum absolute atomic E-state index is 0.116. The van der Waals surface area contributed by atoms with Crippen molar-refractivity contribution in [3.05, 3.63) is 264 Å². The van der Waals surface area contributed by atoms with E-state index in [1.165, 1.54) is 12.1 Å². The molecule has 2 aliphatic rings. The number of furan rings is 2. The number of hydrogen-bond acceptors (Lipinski definition) is 4. The van der Waals surface area contributed by atoms with Crippen molar-refractivity contribution >= 4 is 90.0 Å². The fourth-order valence-electron chi connectivity index (χ4n) is 12.6. The number of halogens is 2. The van der Waals surface area contributed by atoms with Crippen LogP contribution in [-0.4, -0.2) is 0 Å². The van der Waals surface area contributed by atoms with E-state index in [0.717, 1.165) is 99.6 Å². The Bertz CT molecular complexity index is 4370. The highest BCUT2D eigenvalue weighted by molar-refractivity contribution is 6.24. The second kappa shape index (κ2) is 16.9. The quantitative estimate of drug-likeness (QED) is 0.152. The molecule has 0 radical (unpaired) electrons. The molecular formula is C70H50F2N2O2. The maximum absolute atomic E-state index is 17.0. The van der Waals surface area contributed by atoms with Crippen LogP contribution in [0.3, 0.4) is 0 Å². The molecule has 366 valence electrons. The number of anilines is 6. The molecule has 12 aromatic rings. The van der Waals surface area contributed by atoms with Gasteiger partial charge in [0.25, 0.3) is 0 Å². The van der Waals surface area contributed by atoms with Crippen molar-refractivity contribution in [2.45, 2.75) is 38.5 Å². The lowest BCUT2D eigenvalue weighted by molar-refractivity contribution is 0.590. The van der Waals surface area contributed by atoms with Crippen molar-refractivity contribution in [1.82, 2.24) is 0 Å². The molecule has 0 atom stereocenters. The summed E-state index contributed by atoms with van der Waals surface area (Å²) >= 11 is 0. The summed E-state index contributed by atoms with van der Waals surface area (Å²) in [6.07, 6.45) is 5.87. The second-order valence-electron chi connectivity index (χ2n) is 21.0. The van der Waals surface area contributed by atoms with Gasteiger partial charge in [0, 0.05) is 38.8 Å². The number of allylic oxidation sites excluding steroid dienone is 1. The molecule has 2 aliphatic carbocycles. The largest absolute Gasteiger partial charge is 0.455 e. The molecule has 76 heavy (non-hydrogen) atoms. The van der Waals surface area contributed by atoms with Crippen molar-refractivity contribution in [3.8, 4) is 22.3 Å². The number of para-hydroxylation sites is 3. The predicted molar refractivity (Wildman–Crippen MR) is 310 cm³/mol. The first-order chi connectivity index (χ1) is 37.1. The molecule has 0 fully saturated rings. The third-order valence-corrected chi connectivity index (χ3v) is 15.8. The highest BCUT2D eigenvalue weighted by atomic mass is 19.1. The average Bonchev–Trinajstić information content (AvgIpc) is 4.27. The Morgan fingerprint density at radius 1 is 0.500 bits per heavy atom. The molecule has 0 bridgehead atoms. The minimum atomic E-state index is -1.01. The summed E-state index contributed by atoms with van der Waals surface area (Å²) in [6.45, 7) is 12.9. The average molecular weight is 989 g/mol. The molecule has 1 spiro atoms. The van der Waals surface area contributed by atoms with Crippen LogP contribution in [0.5, 0.6) is 0 Å². The van der Waals surface area contributed by atoms with Gasteiger partial charge in [-0.2, -0.15) is 0 Å². The molecule has 10 aromatic carbocycles. The van der Waals surface area contributed by atoms with Gasteiger partial charge in [0.2, 0.25) is 0 Å². The molecule has 2 heterocycles. The Labute approximate surface area is 439 Å². The van der Waals surface area contributed by atoms with Crippen LogP contribution in [-0.2, 0) is 10.8 Å². The fourth-order valence-corrected chi connectivity index (χ4v) is 12.6. The topological polar surface area (TPSA) is 32.8 Å². The van der Waals surface area contributed by atoms with Crippen LogP contribution in [0.4, 0.5) is 42.9 Å². The Balaban J connectivity index is 1.20. The zero-order valence-corrected chi connectivity index (χ0v) is 42.5. The SMILES string of the molecule is C=Cc1oc2c(N(c3ccc4ccccc4c3)c3ccccc3F)cc3c(c2c1/C=C\C)-c1c(cc(N(c2ccc(C(C)(C)C)cc2)c2ccccc2F)c2c1oc1ccccc12)C31c2ccccc2-c2ccccc21. The van der Waals surface area contributed by atoms with E-state index in [0.29, 0.717) is 39.6 Å². The Morgan fingerprint density at radius 3 is 1.72 bits per heavy atom. The molecule has 0 N–H and O–H groups in total. The lowest BCUT2D eigenvalue weighted by atomic mass is 9.70. The van der Waals surface area contributed by atoms with Crippen molar-refractivity contribution < 1.29 is 17.6 Å². The molecule has 0 unspecified atom stereocenters. The van der Waals surface area contributed by atoms with Gasteiger partial charge in [-0.1, -0.05) is 173 Å². The number of nitrogens with zero attached hydrogens (tertiary/aromatic N) is 2. The molecule has 14 rings (SSSR count). The van der Waals surface area contributed by atoms with E-state index >= 15 is 8.78 Å². The third kappa shape index (κ3) is 6.40. The van der Waals surface area contributed by atoms with Crippen LogP contribution in [0.25, 0.3) is 78.1 Å². The molecule has 6 heteroatoms. The molecule has 2 aromatic heterocycles. The zero-order valence-electron chi connectivity index (χ0n) is 42.5. The van der Waals surface area contributed by atoms with Crippen LogP contribution < -0.4 is 9.80 Å². The van der Waals surface area contributed by atoms with Crippen molar-refractivity contribution in [3.63, 3.8) is 0 Å². The van der Waals surface area contributed by atoms with Gasteiger partial charge >= 0.3 is 0 Å². The monoisotopic (exact) mass is 988 g/mol. The second-order valence-corrected chi connectivity index (χ2v) is 21.0. The molecule has 4 nitrogen and oxygen atoms in total. The van der Waals surface area contributed by atoms with E-state index in [4.69, 9.17) is 8.83 Å². The highest BCUT2D eigenvalue weighted by Crippen LogP contribution is 2.68. The molecule has 0 aliphatic heterocycles. The highest BCUT2D eigenvalue weighted by Gasteiger charge is 2.55. The zero-order chi connectivity index (χ0) is 51.6. The predicted octanol–water partition coefficient (Wildman–Crippen LogP) is 20.0. The van der Waals surface area contributed by atoms with E-state index in [9.17, 15) is 0 Å². The molecule has 0 saturated carbocycles. The summed E-state index contributed by atoms with van der Waals surface area (Å²) in [7, 11) is 0. The first-order valence-corrected chi connectivity index (χ1v) is 25.9. The van der Waals surface area contributed by atoms with E-state index in [2.05, 4.69) is 160 Å². The summed E-state index contributed by atoms with van der Waals surface area (Å²) in [5.41, 5.74) is 14.6. The summed E-state index contributed by atoms with van der Waals surface area (Å²) in [5.74, 6) is -0.176. The van der Waals surface area contributed by atoms with Gasteiger partial charge in [-0.05, 0) is 135 Å². The first kappa shape index (κ1) is 45.4. The maximum atomic E-state index is 17.0. The van der Waals surface area contributed by atoms with Crippen LogP contribution in [0, 0.1) is 11.6 Å². The van der Waals surface area contributed by atoms with E-state index in [1.54, 1.807) is 18.2 Å². The van der Waals surface area contributed by atoms with Gasteiger partial charge in [-0.3, -0.25) is 0 Å². The van der Waals surface area contributed by atoms with Crippen LogP contribution >= 0.6 is 0 Å². The number of rotatable bonds is 8. The number of fused-ring (bicyclic) bond motifs is 17. The van der Waals surface area contributed by atoms with Gasteiger partial charge < -0.3 is 18.6 Å². The van der Waals surface area contributed by atoms with Gasteiger partial charge in [0.1, 0.15) is 28.6 Å². The van der Waals surface area contributed by atoms with Gasteiger partial charge in [0.05, 0.1) is 33.6 Å². The van der Waals surface area contributed by atoms with Gasteiger partial charge in [-0.25, -0.2) is 8.78 Å². The standard InChI is InChI=1S/C70H50F2N2O2/c1-6-20-49-61(7-2)75-67-60(74(58-31-18-16-29-56(58)72)46-36-33-42-21-8-9-22-43(42)39-46)41-53-65(64(49)67)66-54(70(53)51-26-13-10-23-47(51)48-24-11-14-27-52(48)70)40-59(63-50-25-12-19-32-62(50)76-68(63)66)73(57-30-17-15-28-55(57)71)45-37-34-44(35-38-45)69(3,4)5/h6-41H,2H2,1,3-5H3/b20-6-. The van der Waals surface area contributed by atoms with Crippen LogP contribution in [0.15, 0.2) is 222 Å². The smallest absolute Gasteiger partial charge is 0.160 e. The lowest BCUT2D eigenvalue weighted by Crippen LogP contribution is -2.27. The summed E-state index contributed by atoms with van der Waals surface area (Å²) in [4.78, 5) is 4.07. The third-order valence-electron chi connectivity index (χ3n) is 15.8. The molecular weight excluding hydrogens is 939 g/mol. The van der Waals surface area contributed by atoms with Crippen molar-refractivity contribution in [2.24, 2.45) is 0 Å². The van der Waals surface area contributed by atoms with Crippen molar-refractivity contribution in [2.75, 3.05) is 9.80 Å². The molecule has 0 saturated heterocycles. The Hall–Kier alpha value is -9.26. The summed E-state index contributed by atoms with van der Waals surface area (Å²) in [6, 6.07) is 66.9. The lowest BCUT2D eigenvalue weighted by Gasteiger charge is -2.33. The van der Waals surface area contributed by atoms with Crippen molar-refractivity contribution in [1.29, 1.82) is 0 Å². The van der Waals surface area contributed by atoms with E-state index in [1.807, 2.05) is 72.5 Å². The van der Waals surface area contributed by atoms with Crippen LogP contribution in [0.1, 0.15) is 66.8 Å². The van der Waals surface area contributed by atoms with Crippen LogP contribution in [0.2, 0.25) is 0 Å². The summed E-state index contributed by atoms with van der Waals surface area (Å²) < 4.78 is 48.6. The minimum Gasteiger partial charge on any atom is -0.455 e. The van der Waals surface area contributed by atoms with Gasteiger partial charge in [0.15, 0.2) is 5.58 Å². The van der Waals surface area contributed by atoms with Gasteiger partial charge in [-0.15, -0.1) is 0 Å². The number of hydrogen-bond donors (Lipinski definition) is 0. The fraction of sp³-hybridized carbons (Fsp3) is 0.0857. The normalized spacial score (nSPS) is 13.2. The Morgan fingerprint density at radius 2 is 1.07 bits per heavy atom. The van der Waals surface area contributed by atoms with E-state index < -0.39 is 5.41 Å². The van der Waals surface area contributed by atoms with E-state index in [-0.39, 0.29) is 17.0 Å². The maximum Gasteiger partial charge on any atom is 0.160 e. The number of benzene rings is 10. The first-order valence-electron chi connectivity index (χ1n) is 25.9. The summed E-state index contributed by atoms with van der Waals surface area (Å²) in [5, 5.41) is 4.63.